The first-order chi connectivity index (χ1) is 6.90. The summed E-state index contributed by atoms with van der Waals surface area (Å²) in [5.74, 6) is 1.93. The van der Waals surface area contributed by atoms with Gasteiger partial charge in [-0.15, -0.1) is 12.4 Å². The van der Waals surface area contributed by atoms with E-state index in [2.05, 4.69) is 10.3 Å². The van der Waals surface area contributed by atoms with Crippen molar-refractivity contribution in [1.29, 1.82) is 0 Å². The molecule has 0 bridgehead atoms. The largest absolute Gasteiger partial charge is 0.495 e. The van der Waals surface area contributed by atoms with Gasteiger partial charge in [-0.3, -0.25) is 4.99 Å². The summed E-state index contributed by atoms with van der Waals surface area (Å²) in [5.41, 5.74) is 0.996. The molecule has 3 nitrogen and oxygen atoms in total. The Bertz CT molecular complexity index is 352. The van der Waals surface area contributed by atoms with Crippen molar-refractivity contribution < 1.29 is 4.74 Å². The maximum atomic E-state index is 5.24. The third-order valence-electron chi connectivity index (χ3n) is 2.26. The zero-order valence-electron chi connectivity index (χ0n) is 8.69. The molecular formula is C11H15ClN2O. The number of aliphatic imine (C=N–C) groups is 1. The van der Waals surface area contributed by atoms with Crippen molar-refractivity contribution in [3.05, 3.63) is 24.3 Å². The highest BCUT2D eigenvalue weighted by molar-refractivity contribution is 5.97. The molecule has 0 spiro atoms. The van der Waals surface area contributed by atoms with Gasteiger partial charge in [0, 0.05) is 13.0 Å². The minimum atomic E-state index is 0. The number of hydrogen-bond donors (Lipinski definition) is 1. The maximum absolute atomic E-state index is 5.24. The minimum Gasteiger partial charge on any atom is -0.495 e. The predicted molar refractivity (Wildman–Crippen MR) is 65.4 cm³/mol. The molecule has 1 aliphatic rings. The van der Waals surface area contributed by atoms with Crippen molar-refractivity contribution in [2.24, 2.45) is 4.99 Å². The van der Waals surface area contributed by atoms with E-state index >= 15 is 0 Å². The summed E-state index contributed by atoms with van der Waals surface area (Å²) in [7, 11) is 1.68. The fourth-order valence-corrected chi connectivity index (χ4v) is 1.54. The van der Waals surface area contributed by atoms with Crippen LogP contribution in [-0.4, -0.2) is 19.5 Å². The van der Waals surface area contributed by atoms with Gasteiger partial charge in [0.15, 0.2) is 0 Å². The molecule has 1 aliphatic heterocycles. The van der Waals surface area contributed by atoms with Gasteiger partial charge in [-0.2, -0.15) is 0 Å². The fraction of sp³-hybridized carbons (Fsp3) is 0.364. The second kappa shape index (κ2) is 5.61. The van der Waals surface area contributed by atoms with Crippen LogP contribution in [0.4, 0.5) is 5.69 Å². The van der Waals surface area contributed by atoms with E-state index in [9.17, 15) is 0 Å². The van der Waals surface area contributed by atoms with Crippen LogP contribution in [0.5, 0.6) is 5.75 Å². The first-order valence-electron chi connectivity index (χ1n) is 4.83. The molecule has 2 rings (SSSR count). The first-order valence-corrected chi connectivity index (χ1v) is 4.83. The van der Waals surface area contributed by atoms with Gasteiger partial charge < -0.3 is 10.1 Å². The molecule has 1 aromatic rings. The predicted octanol–water partition coefficient (Wildman–Crippen LogP) is 2.72. The van der Waals surface area contributed by atoms with Gasteiger partial charge in [-0.1, -0.05) is 12.1 Å². The molecule has 0 amide bonds. The Hall–Kier alpha value is -1.22. The number of ether oxygens (including phenoxy) is 1. The van der Waals surface area contributed by atoms with E-state index < -0.39 is 0 Å². The Balaban J connectivity index is 0.00000112. The maximum Gasteiger partial charge on any atom is 0.142 e. The Morgan fingerprint density at radius 3 is 2.80 bits per heavy atom. The molecule has 1 heterocycles. The van der Waals surface area contributed by atoms with Crippen molar-refractivity contribution in [2.45, 2.75) is 12.8 Å². The van der Waals surface area contributed by atoms with Crippen LogP contribution in [0.3, 0.4) is 0 Å². The molecule has 4 heteroatoms. The molecule has 0 saturated carbocycles. The second-order valence-corrected chi connectivity index (χ2v) is 3.26. The molecule has 0 radical (unpaired) electrons. The highest BCUT2D eigenvalue weighted by Gasteiger charge is 2.08. The molecule has 15 heavy (non-hydrogen) atoms. The standard InChI is InChI=1S/C11H14N2O.ClH/c1-14-10-6-3-2-5-9(10)13-11-7-4-8-12-11;/h2-3,5-6H,4,7-8H2,1H3,(H,12,13);1H. The van der Waals surface area contributed by atoms with E-state index in [1.165, 1.54) is 0 Å². The smallest absolute Gasteiger partial charge is 0.142 e. The van der Waals surface area contributed by atoms with Gasteiger partial charge in [0.1, 0.15) is 11.6 Å². The van der Waals surface area contributed by atoms with Crippen LogP contribution in [0.2, 0.25) is 0 Å². The van der Waals surface area contributed by atoms with Gasteiger partial charge in [0.25, 0.3) is 0 Å². The number of hydrogen-bond acceptors (Lipinski definition) is 3. The average Bonchev–Trinajstić information content (AvgIpc) is 2.71. The zero-order chi connectivity index (χ0) is 9.80. The van der Waals surface area contributed by atoms with Crippen LogP contribution in [0.25, 0.3) is 0 Å². The molecule has 0 fully saturated rings. The quantitative estimate of drug-likeness (QED) is 0.841. The summed E-state index contributed by atoms with van der Waals surface area (Å²) in [6.45, 7) is 0.942. The summed E-state index contributed by atoms with van der Waals surface area (Å²) in [5, 5.41) is 3.29. The number of nitrogens with zero attached hydrogens (tertiary/aromatic N) is 1. The van der Waals surface area contributed by atoms with E-state index in [4.69, 9.17) is 4.74 Å². The van der Waals surface area contributed by atoms with Gasteiger partial charge in [-0.25, -0.2) is 0 Å². The molecule has 0 unspecified atom stereocenters. The number of para-hydroxylation sites is 2. The van der Waals surface area contributed by atoms with Gasteiger partial charge in [0.2, 0.25) is 0 Å². The monoisotopic (exact) mass is 226 g/mol. The molecule has 1 N–H and O–H groups in total. The Morgan fingerprint density at radius 1 is 1.33 bits per heavy atom. The van der Waals surface area contributed by atoms with Crippen molar-refractivity contribution in [2.75, 3.05) is 19.0 Å². The lowest BCUT2D eigenvalue weighted by Gasteiger charge is -2.09. The molecule has 82 valence electrons. The summed E-state index contributed by atoms with van der Waals surface area (Å²) < 4.78 is 5.24. The number of methoxy groups -OCH3 is 1. The SMILES string of the molecule is COc1ccccc1NC1=NCCC1.Cl. The Morgan fingerprint density at radius 2 is 2.13 bits per heavy atom. The summed E-state index contributed by atoms with van der Waals surface area (Å²) in [6.07, 6.45) is 2.19. The lowest BCUT2D eigenvalue weighted by Crippen LogP contribution is -2.09. The van der Waals surface area contributed by atoms with Crippen molar-refractivity contribution in [3.8, 4) is 5.75 Å². The van der Waals surface area contributed by atoms with E-state index in [1.54, 1.807) is 7.11 Å². The van der Waals surface area contributed by atoms with Gasteiger partial charge >= 0.3 is 0 Å². The molecule has 0 aliphatic carbocycles. The second-order valence-electron chi connectivity index (χ2n) is 3.26. The van der Waals surface area contributed by atoms with E-state index in [1.807, 2.05) is 24.3 Å². The molecule has 0 aromatic heterocycles. The number of halogens is 1. The molecule has 1 aromatic carbocycles. The summed E-state index contributed by atoms with van der Waals surface area (Å²) in [4.78, 5) is 4.36. The van der Waals surface area contributed by atoms with Crippen LogP contribution in [0, 0.1) is 0 Å². The summed E-state index contributed by atoms with van der Waals surface area (Å²) in [6, 6.07) is 7.89. The highest BCUT2D eigenvalue weighted by Crippen LogP contribution is 2.24. The minimum absolute atomic E-state index is 0. The topological polar surface area (TPSA) is 33.6 Å². The number of anilines is 1. The number of benzene rings is 1. The Kier molecular flexibility index (Phi) is 4.43. The van der Waals surface area contributed by atoms with E-state index in [0.717, 1.165) is 36.7 Å². The fourth-order valence-electron chi connectivity index (χ4n) is 1.54. The van der Waals surface area contributed by atoms with Gasteiger partial charge in [-0.05, 0) is 18.6 Å². The number of amidine groups is 1. The highest BCUT2D eigenvalue weighted by atomic mass is 35.5. The first kappa shape index (κ1) is 11.9. The van der Waals surface area contributed by atoms with E-state index in [-0.39, 0.29) is 12.4 Å². The summed E-state index contributed by atoms with van der Waals surface area (Å²) >= 11 is 0. The molecule has 0 saturated heterocycles. The average molecular weight is 227 g/mol. The van der Waals surface area contributed by atoms with Gasteiger partial charge in [0.05, 0.1) is 12.8 Å². The lowest BCUT2D eigenvalue weighted by atomic mass is 10.2. The third-order valence-corrected chi connectivity index (χ3v) is 2.26. The van der Waals surface area contributed by atoms with Crippen LogP contribution in [0.15, 0.2) is 29.3 Å². The van der Waals surface area contributed by atoms with Crippen LogP contribution < -0.4 is 10.1 Å². The van der Waals surface area contributed by atoms with Crippen molar-refractivity contribution in [1.82, 2.24) is 0 Å². The normalized spacial score (nSPS) is 14.1. The number of rotatable bonds is 2. The van der Waals surface area contributed by atoms with Crippen LogP contribution in [0.1, 0.15) is 12.8 Å². The third kappa shape index (κ3) is 2.86. The van der Waals surface area contributed by atoms with Crippen molar-refractivity contribution in [3.63, 3.8) is 0 Å². The van der Waals surface area contributed by atoms with E-state index in [0.29, 0.717) is 0 Å². The lowest BCUT2D eigenvalue weighted by molar-refractivity contribution is 0.417. The number of nitrogens with one attached hydrogen (secondary N) is 1. The molecule has 0 atom stereocenters. The van der Waals surface area contributed by atoms with Crippen LogP contribution >= 0.6 is 12.4 Å². The van der Waals surface area contributed by atoms with Crippen LogP contribution in [-0.2, 0) is 0 Å². The zero-order valence-corrected chi connectivity index (χ0v) is 9.51. The molecular weight excluding hydrogens is 212 g/mol. The Labute approximate surface area is 96.0 Å². The van der Waals surface area contributed by atoms with Crippen molar-refractivity contribution >= 4 is 23.9 Å².